The molecule has 1 rings (SSSR count). The van der Waals surface area contributed by atoms with E-state index < -0.39 is 5.97 Å². The smallest absolute Gasteiger partial charge is 0.342 e. The van der Waals surface area contributed by atoms with E-state index in [-0.39, 0.29) is 17.9 Å². The fraction of sp³-hybridized carbons (Fsp3) is 0.312. The molecule has 1 N–H and O–H groups in total. The second-order valence-electron chi connectivity index (χ2n) is 4.04. The average molecular weight is 260 g/mol. The Morgan fingerprint density at radius 1 is 1.16 bits per heavy atom. The number of allylic oxidation sites excluding steroid dienone is 3. The van der Waals surface area contributed by atoms with E-state index in [2.05, 4.69) is 19.1 Å². The third-order valence-electron chi connectivity index (χ3n) is 2.50. The summed E-state index contributed by atoms with van der Waals surface area (Å²) in [5, 5.41) is 9.48. The first-order valence-corrected chi connectivity index (χ1v) is 6.50. The highest BCUT2D eigenvalue weighted by Gasteiger charge is 2.10. The summed E-state index contributed by atoms with van der Waals surface area (Å²) in [7, 11) is 0. The van der Waals surface area contributed by atoms with Crippen molar-refractivity contribution >= 4 is 5.97 Å². The van der Waals surface area contributed by atoms with E-state index in [1.54, 1.807) is 12.1 Å². The minimum Gasteiger partial charge on any atom is -0.507 e. The maximum Gasteiger partial charge on any atom is 0.342 e. The molecule has 0 saturated carbocycles. The largest absolute Gasteiger partial charge is 0.507 e. The molecule has 0 aliphatic carbocycles. The minimum atomic E-state index is -0.506. The van der Waals surface area contributed by atoms with Crippen LogP contribution in [0.2, 0.25) is 0 Å². The third kappa shape index (κ3) is 5.91. The SMILES string of the molecule is CC/C=C\CC/C=C/COC(=O)c1ccccc1O. The molecule has 0 saturated heterocycles. The van der Waals surface area contributed by atoms with Crippen LogP contribution >= 0.6 is 0 Å². The molecule has 0 aromatic heterocycles. The van der Waals surface area contributed by atoms with Gasteiger partial charge < -0.3 is 9.84 Å². The number of phenols is 1. The van der Waals surface area contributed by atoms with Crippen molar-refractivity contribution in [2.45, 2.75) is 26.2 Å². The number of hydrogen-bond acceptors (Lipinski definition) is 3. The lowest BCUT2D eigenvalue weighted by molar-refractivity contribution is 0.0546. The number of para-hydroxylation sites is 1. The number of phenolic OH excluding ortho intramolecular Hbond substituents is 1. The topological polar surface area (TPSA) is 46.5 Å². The van der Waals surface area contributed by atoms with Crippen LogP contribution in [0.15, 0.2) is 48.6 Å². The molecule has 0 unspecified atom stereocenters. The van der Waals surface area contributed by atoms with E-state index in [0.717, 1.165) is 19.3 Å². The number of benzene rings is 1. The third-order valence-corrected chi connectivity index (χ3v) is 2.50. The molecule has 0 spiro atoms. The molecule has 1 aromatic carbocycles. The van der Waals surface area contributed by atoms with E-state index in [1.165, 1.54) is 12.1 Å². The van der Waals surface area contributed by atoms with Crippen molar-refractivity contribution in [2.24, 2.45) is 0 Å². The predicted molar refractivity (Wildman–Crippen MR) is 76.2 cm³/mol. The Hall–Kier alpha value is -2.03. The van der Waals surface area contributed by atoms with E-state index in [9.17, 15) is 9.90 Å². The molecule has 19 heavy (non-hydrogen) atoms. The first-order chi connectivity index (χ1) is 9.25. The molecule has 0 aliphatic rings. The average Bonchev–Trinajstić information content (AvgIpc) is 2.42. The second-order valence-corrected chi connectivity index (χ2v) is 4.04. The highest BCUT2D eigenvalue weighted by atomic mass is 16.5. The zero-order valence-corrected chi connectivity index (χ0v) is 11.2. The van der Waals surface area contributed by atoms with Crippen molar-refractivity contribution in [3.63, 3.8) is 0 Å². The zero-order chi connectivity index (χ0) is 13.9. The molecule has 3 heteroatoms. The van der Waals surface area contributed by atoms with Crippen LogP contribution in [0.4, 0.5) is 0 Å². The molecule has 0 atom stereocenters. The van der Waals surface area contributed by atoms with Gasteiger partial charge in [0.25, 0.3) is 0 Å². The van der Waals surface area contributed by atoms with Crippen LogP contribution in [0.3, 0.4) is 0 Å². The van der Waals surface area contributed by atoms with Crippen molar-refractivity contribution in [3.8, 4) is 5.75 Å². The first-order valence-electron chi connectivity index (χ1n) is 6.50. The lowest BCUT2D eigenvalue weighted by atomic mass is 10.2. The Labute approximate surface area is 114 Å². The van der Waals surface area contributed by atoms with Gasteiger partial charge in [-0.2, -0.15) is 0 Å². The van der Waals surface area contributed by atoms with Crippen LogP contribution in [-0.4, -0.2) is 17.7 Å². The van der Waals surface area contributed by atoms with Crippen LogP contribution in [0.1, 0.15) is 36.5 Å². The molecule has 0 heterocycles. The van der Waals surface area contributed by atoms with Gasteiger partial charge in [-0.05, 0) is 31.4 Å². The van der Waals surface area contributed by atoms with Gasteiger partial charge in [0.05, 0.1) is 0 Å². The fourth-order valence-electron chi connectivity index (χ4n) is 1.51. The lowest BCUT2D eigenvalue weighted by Gasteiger charge is -2.03. The summed E-state index contributed by atoms with van der Waals surface area (Å²) < 4.78 is 5.03. The molecule has 0 radical (unpaired) electrons. The van der Waals surface area contributed by atoms with Crippen LogP contribution in [0, 0.1) is 0 Å². The van der Waals surface area contributed by atoms with Gasteiger partial charge in [0.1, 0.15) is 17.9 Å². The van der Waals surface area contributed by atoms with Gasteiger partial charge in [0.2, 0.25) is 0 Å². The van der Waals surface area contributed by atoms with Gasteiger partial charge in [-0.25, -0.2) is 4.79 Å². The van der Waals surface area contributed by atoms with E-state index in [0.29, 0.717) is 0 Å². The fourth-order valence-corrected chi connectivity index (χ4v) is 1.51. The standard InChI is InChI=1S/C16H20O3/c1-2-3-4-5-6-7-10-13-19-16(18)14-11-8-9-12-15(14)17/h3-4,7-12,17H,2,5-6,13H2,1H3/b4-3-,10-7+. The van der Waals surface area contributed by atoms with Crippen molar-refractivity contribution in [3.05, 3.63) is 54.1 Å². The maximum absolute atomic E-state index is 11.6. The molecule has 1 aromatic rings. The number of rotatable bonds is 7. The van der Waals surface area contributed by atoms with Crippen molar-refractivity contribution in [1.29, 1.82) is 0 Å². The van der Waals surface area contributed by atoms with Gasteiger partial charge in [0, 0.05) is 0 Å². The number of unbranched alkanes of at least 4 members (excludes halogenated alkanes) is 1. The summed E-state index contributed by atoms with van der Waals surface area (Å²) in [6.07, 6.45) is 11.1. The minimum absolute atomic E-state index is 0.0545. The molecular formula is C16H20O3. The summed E-state index contributed by atoms with van der Waals surface area (Å²) in [6, 6.07) is 6.35. The molecular weight excluding hydrogens is 240 g/mol. The summed E-state index contributed by atoms with van der Waals surface area (Å²) >= 11 is 0. The number of carbonyl (C=O) groups excluding carboxylic acids is 1. The predicted octanol–water partition coefficient (Wildman–Crippen LogP) is 3.85. The number of ether oxygens (including phenoxy) is 1. The van der Waals surface area contributed by atoms with E-state index in [4.69, 9.17) is 4.74 Å². The number of aromatic hydroxyl groups is 1. The van der Waals surface area contributed by atoms with E-state index >= 15 is 0 Å². The molecule has 0 bridgehead atoms. The summed E-state index contributed by atoms with van der Waals surface area (Å²) in [5.74, 6) is -0.560. The van der Waals surface area contributed by atoms with Crippen molar-refractivity contribution < 1.29 is 14.6 Å². The van der Waals surface area contributed by atoms with Crippen LogP contribution < -0.4 is 0 Å². The normalized spacial score (nSPS) is 11.2. The Morgan fingerprint density at radius 3 is 2.53 bits per heavy atom. The van der Waals surface area contributed by atoms with Gasteiger partial charge >= 0.3 is 5.97 Å². The maximum atomic E-state index is 11.6. The Bertz CT molecular complexity index is 447. The van der Waals surface area contributed by atoms with Gasteiger partial charge in [-0.3, -0.25) is 0 Å². The zero-order valence-electron chi connectivity index (χ0n) is 11.2. The van der Waals surface area contributed by atoms with Crippen LogP contribution in [0.5, 0.6) is 5.75 Å². The summed E-state index contributed by atoms with van der Waals surface area (Å²) in [6.45, 7) is 2.33. The number of hydrogen-bond donors (Lipinski definition) is 1. The first kappa shape index (κ1) is 15.0. The Kier molecular flexibility index (Phi) is 7.10. The quantitative estimate of drug-likeness (QED) is 0.460. The summed E-state index contributed by atoms with van der Waals surface area (Å²) in [5.41, 5.74) is 0.196. The number of esters is 1. The molecule has 0 amide bonds. The Balaban J connectivity index is 2.26. The molecule has 3 nitrogen and oxygen atoms in total. The Morgan fingerprint density at radius 2 is 1.84 bits per heavy atom. The number of carbonyl (C=O) groups is 1. The molecule has 0 aliphatic heterocycles. The van der Waals surface area contributed by atoms with Gasteiger partial charge in [-0.15, -0.1) is 0 Å². The van der Waals surface area contributed by atoms with Crippen LogP contribution in [-0.2, 0) is 4.74 Å². The highest BCUT2D eigenvalue weighted by molar-refractivity contribution is 5.92. The molecule has 102 valence electrons. The van der Waals surface area contributed by atoms with Crippen molar-refractivity contribution in [1.82, 2.24) is 0 Å². The van der Waals surface area contributed by atoms with Crippen molar-refractivity contribution in [2.75, 3.05) is 6.61 Å². The van der Waals surface area contributed by atoms with E-state index in [1.807, 2.05) is 12.2 Å². The van der Waals surface area contributed by atoms with Gasteiger partial charge in [-0.1, -0.05) is 43.4 Å². The lowest BCUT2D eigenvalue weighted by Crippen LogP contribution is -2.05. The van der Waals surface area contributed by atoms with Gasteiger partial charge in [0.15, 0.2) is 0 Å². The monoisotopic (exact) mass is 260 g/mol. The highest BCUT2D eigenvalue weighted by Crippen LogP contribution is 2.16. The van der Waals surface area contributed by atoms with Crippen LogP contribution in [0.25, 0.3) is 0 Å². The summed E-state index contributed by atoms with van der Waals surface area (Å²) in [4.78, 5) is 11.6. The molecule has 0 fully saturated rings. The second kappa shape index (κ2) is 8.97.